The first-order chi connectivity index (χ1) is 12.6. The van der Waals surface area contributed by atoms with Crippen LogP contribution in [0.15, 0.2) is 48.5 Å². The molecule has 0 fully saturated rings. The SMILES string of the molecule is CCOc1ccc(OCCNC(=O)COc2ccc(C(N)=O)cc2)cc1. The first kappa shape index (κ1) is 19.1. The van der Waals surface area contributed by atoms with Gasteiger partial charge in [0.15, 0.2) is 6.61 Å². The summed E-state index contributed by atoms with van der Waals surface area (Å²) >= 11 is 0. The van der Waals surface area contributed by atoms with Crippen LogP contribution in [0, 0.1) is 0 Å². The number of nitrogens with one attached hydrogen (secondary N) is 1. The molecule has 0 saturated carbocycles. The lowest BCUT2D eigenvalue weighted by Gasteiger charge is -2.10. The molecule has 0 radical (unpaired) electrons. The van der Waals surface area contributed by atoms with Gasteiger partial charge in [-0.05, 0) is 55.5 Å². The summed E-state index contributed by atoms with van der Waals surface area (Å²) in [4.78, 5) is 22.7. The van der Waals surface area contributed by atoms with E-state index in [1.165, 1.54) is 0 Å². The number of hydrogen-bond acceptors (Lipinski definition) is 5. The largest absolute Gasteiger partial charge is 0.494 e. The Morgan fingerprint density at radius 1 is 0.885 bits per heavy atom. The second-order valence-corrected chi connectivity index (χ2v) is 5.28. The van der Waals surface area contributed by atoms with E-state index in [0.29, 0.717) is 36.8 Å². The van der Waals surface area contributed by atoms with Crippen molar-refractivity contribution in [3.63, 3.8) is 0 Å². The fraction of sp³-hybridized carbons (Fsp3) is 0.263. The Morgan fingerprint density at radius 3 is 2.00 bits per heavy atom. The molecule has 2 aromatic carbocycles. The molecule has 0 saturated heterocycles. The van der Waals surface area contributed by atoms with Crippen LogP contribution in [0.5, 0.6) is 17.2 Å². The first-order valence-electron chi connectivity index (χ1n) is 8.23. The number of benzene rings is 2. The smallest absolute Gasteiger partial charge is 0.258 e. The number of carbonyl (C=O) groups excluding carboxylic acids is 2. The molecule has 0 spiro atoms. The zero-order chi connectivity index (χ0) is 18.8. The van der Waals surface area contributed by atoms with Crippen molar-refractivity contribution in [2.45, 2.75) is 6.92 Å². The minimum Gasteiger partial charge on any atom is -0.494 e. The maximum absolute atomic E-state index is 11.7. The molecule has 0 unspecified atom stereocenters. The van der Waals surface area contributed by atoms with E-state index >= 15 is 0 Å². The van der Waals surface area contributed by atoms with Crippen molar-refractivity contribution in [3.8, 4) is 17.2 Å². The fourth-order valence-corrected chi connectivity index (χ4v) is 2.07. The van der Waals surface area contributed by atoms with Crippen molar-refractivity contribution in [3.05, 3.63) is 54.1 Å². The highest BCUT2D eigenvalue weighted by Crippen LogP contribution is 2.17. The Balaban J connectivity index is 1.63. The summed E-state index contributed by atoms with van der Waals surface area (Å²) in [6, 6.07) is 13.5. The lowest BCUT2D eigenvalue weighted by atomic mass is 10.2. The Morgan fingerprint density at radius 2 is 1.42 bits per heavy atom. The molecule has 0 aliphatic rings. The van der Waals surface area contributed by atoms with Crippen LogP contribution < -0.4 is 25.3 Å². The summed E-state index contributed by atoms with van der Waals surface area (Å²) in [7, 11) is 0. The number of ether oxygens (including phenoxy) is 3. The van der Waals surface area contributed by atoms with Gasteiger partial charge in [0, 0.05) is 5.56 Å². The summed E-state index contributed by atoms with van der Waals surface area (Å²) in [5.41, 5.74) is 5.54. The van der Waals surface area contributed by atoms with E-state index in [1.807, 2.05) is 31.2 Å². The molecule has 0 bridgehead atoms. The number of hydrogen-bond donors (Lipinski definition) is 2. The Labute approximate surface area is 152 Å². The lowest BCUT2D eigenvalue weighted by Crippen LogP contribution is -2.32. The molecule has 0 heterocycles. The van der Waals surface area contributed by atoms with Crippen LogP contribution in [-0.2, 0) is 4.79 Å². The predicted molar refractivity (Wildman–Crippen MR) is 96.6 cm³/mol. The molecule has 0 aromatic heterocycles. The Bertz CT molecular complexity index is 714. The third-order valence-electron chi connectivity index (χ3n) is 3.34. The predicted octanol–water partition coefficient (Wildman–Crippen LogP) is 1.76. The van der Waals surface area contributed by atoms with Gasteiger partial charge >= 0.3 is 0 Å². The molecule has 2 rings (SSSR count). The molecular formula is C19H22N2O5. The molecule has 0 aliphatic carbocycles. The van der Waals surface area contributed by atoms with Crippen LogP contribution in [0.3, 0.4) is 0 Å². The van der Waals surface area contributed by atoms with Gasteiger partial charge in [0.1, 0.15) is 23.9 Å². The monoisotopic (exact) mass is 358 g/mol. The van der Waals surface area contributed by atoms with Gasteiger partial charge in [-0.3, -0.25) is 9.59 Å². The maximum atomic E-state index is 11.7. The molecule has 138 valence electrons. The van der Waals surface area contributed by atoms with Gasteiger partial charge in [-0.15, -0.1) is 0 Å². The minimum absolute atomic E-state index is 0.126. The van der Waals surface area contributed by atoms with Crippen LogP contribution in [0.2, 0.25) is 0 Å². The maximum Gasteiger partial charge on any atom is 0.258 e. The summed E-state index contributed by atoms with van der Waals surface area (Å²) in [5.74, 6) is 1.19. The van der Waals surface area contributed by atoms with E-state index in [4.69, 9.17) is 19.9 Å². The molecule has 0 atom stereocenters. The van der Waals surface area contributed by atoms with Crippen molar-refractivity contribution in [1.29, 1.82) is 0 Å². The average Bonchev–Trinajstić information content (AvgIpc) is 2.65. The topological polar surface area (TPSA) is 99.9 Å². The molecule has 2 aromatic rings. The second kappa shape index (κ2) is 9.93. The zero-order valence-corrected chi connectivity index (χ0v) is 14.6. The number of primary amides is 1. The van der Waals surface area contributed by atoms with Crippen molar-refractivity contribution in [1.82, 2.24) is 5.32 Å². The van der Waals surface area contributed by atoms with Gasteiger partial charge in [0.2, 0.25) is 5.91 Å². The van der Waals surface area contributed by atoms with Gasteiger partial charge in [-0.2, -0.15) is 0 Å². The zero-order valence-electron chi connectivity index (χ0n) is 14.6. The lowest BCUT2D eigenvalue weighted by molar-refractivity contribution is -0.123. The van der Waals surface area contributed by atoms with Crippen LogP contribution in [0.4, 0.5) is 0 Å². The quantitative estimate of drug-likeness (QED) is 0.631. The highest BCUT2D eigenvalue weighted by Gasteiger charge is 2.04. The van der Waals surface area contributed by atoms with Gasteiger partial charge < -0.3 is 25.3 Å². The molecule has 2 amide bonds. The van der Waals surface area contributed by atoms with E-state index in [-0.39, 0.29) is 12.5 Å². The fourth-order valence-electron chi connectivity index (χ4n) is 2.07. The van der Waals surface area contributed by atoms with Gasteiger partial charge in [0.25, 0.3) is 5.91 Å². The minimum atomic E-state index is -0.512. The molecule has 0 aliphatic heterocycles. The summed E-state index contributed by atoms with van der Waals surface area (Å²) in [5, 5.41) is 2.70. The van der Waals surface area contributed by atoms with Crippen LogP contribution in [0.25, 0.3) is 0 Å². The molecule has 3 N–H and O–H groups in total. The highest BCUT2D eigenvalue weighted by atomic mass is 16.5. The Hall–Kier alpha value is -3.22. The van der Waals surface area contributed by atoms with E-state index in [2.05, 4.69) is 5.32 Å². The summed E-state index contributed by atoms with van der Waals surface area (Å²) < 4.78 is 16.2. The molecule has 26 heavy (non-hydrogen) atoms. The highest BCUT2D eigenvalue weighted by molar-refractivity contribution is 5.92. The van der Waals surface area contributed by atoms with Crippen molar-refractivity contribution in [2.75, 3.05) is 26.4 Å². The number of rotatable bonds is 10. The third kappa shape index (κ3) is 6.35. The van der Waals surface area contributed by atoms with Crippen LogP contribution >= 0.6 is 0 Å². The average molecular weight is 358 g/mol. The van der Waals surface area contributed by atoms with Crippen molar-refractivity contribution >= 4 is 11.8 Å². The van der Waals surface area contributed by atoms with Crippen molar-refractivity contribution in [2.24, 2.45) is 5.73 Å². The molecule has 7 heteroatoms. The van der Waals surface area contributed by atoms with E-state index < -0.39 is 5.91 Å². The Kier molecular flexibility index (Phi) is 7.30. The standard InChI is InChI=1S/C19H22N2O5/c1-2-24-15-7-9-16(10-8-15)25-12-11-21-18(22)13-26-17-5-3-14(4-6-17)19(20)23/h3-10H,2,11-13H2,1H3,(H2,20,23)(H,21,22). The van der Waals surface area contributed by atoms with Gasteiger partial charge in [-0.25, -0.2) is 0 Å². The van der Waals surface area contributed by atoms with E-state index in [9.17, 15) is 9.59 Å². The normalized spacial score (nSPS) is 10.0. The van der Waals surface area contributed by atoms with Crippen LogP contribution in [-0.4, -0.2) is 38.2 Å². The van der Waals surface area contributed by atoms with E-state index in [1.54, 1.807) is 24.3 Å². The second-order valence-electron chi connectivity index (χ2n) is 5.28. The van der Waals surface area contributed by atoms with Gasteiger partial charge in [-0.1, -0.05) is 0 Å². The molecular weight excluding hydrogens is 336 g/mol. The first-order valence-corrected chi connectivity index (χ1v) is 8.23. The number of carbonyl (C=O) groups is 2. The van der Waals surface area contributed by atoms with Crippen LogP contribution in [0.1, 0.15) is 17.3 Å². The van der Waals surface area contributed by atoms with E-state index in [0.717, 1.165) is 5.75 Å². The van der Waals surface area contributed by atoms with Crippen molar-refractivity contribution < 1.29 is 23.8 Å². The van der Waals surface area contributed by atoms with Gasteiger partial charge in [0.05, 0.1) is 13.2 Å². The summed E-state index contributed by atoms with van der Waals surface area (Å²) in [6.07, 6.45) is 0. The number of amides is 2. The third-order valence-corrected chi connectivity index (χ3v) is 3.34. The number of nitrogens with two attached hydrogens (primary N) is 1. The molecule has 7 nitrogen and oxygen atoms in total. The summed E-state index contributed by atoms with van der Waals surface area (Å²) in [6.45, 7) is 3.11.